The van der Waals surface area contributed by atoms with Crippen LogP contribution in [0.15, 0.2) is 24.4 Å². The number of piperazine rings is 1. The highest BCUT2D eigenvalue weighted by molar-refractivity contribution is 6.05. The van der Waals surface area contributed by atoms with Gasteiger partial charge in [-0.3, -0.25) is 14.8 Å². The van der Waals surface area contributed by atoms with Gasteiger partial charge in [0.05, 0.1) is 23.4 Å². The highest BCUT2D eigenvalue weighted by atomic mass is 16.5. The summed E-state index contributed by atoms with van der Waals surface area (Å²) >= 11 is 0. The van der Waals surface area contributed by atoms with Crippen molar-refractivity contribution in [3.05, 3.63) is 30.0 Å². The minimum absolute atomic E-state index is 0.0941. The number of hydrogen-bond donors (Lipinski definition) is 1. The first-order valence-corrected chi connectivity index (χ1v) is 8.36. The van der Waals surface area contributed by atoms with Crippen LogP contribution in [0.4, 0.5) is 0 Å². The monoisotopic (exact) mass is 314 g/mol. The van der Waals surface area contributed by atoms with Crippen molar-refractivity contribution in [3.8, 4) is 0 Å². The van der Waals surface area contributed by atoms with Crippen LogP contribution in [0.2, 0.25) is 0 Å². The van der Waals surface area contributed by atoms with Gasteiger partial charge in [0.1, 0.15) is 0 Å². The number of H-pyrrole nitrogens is 1. The first-order valence-electron chi connectivity index (χ1n) is 8.36. The molecule has 122 valence electrons. The third-order valence-electron chi connectivity index (χ3n) is 4.85. The summed E-state index contributed by atoms with van der Waals surface area (Å²) in [6.45, 7) is 5.29. The van der Waals surface area contributed by atoms with Crippen molar-refractivity contribution >= 4 is 16.8 Å². The quantitative estimate of drug-likeness (QED) is 0.932. The average Bonchev–Trinajstić information content (AvgIpc) is 3.25. The van der Waals surface area contributed by atoms with E-state index in [4.69, 9.17) is 4.74 Å². The molecule has 2 aliphatic heterocycles. The number of carbonyl (C=O) groups excluding carboxylic acids is 1. The van der Waals surface area contributed by atoms with Gasteiger partial charge in [-0.25, -0.2) is 0 Å². The Labute approximate surface area is 135 Å². The Morgan fingerprint density at radius 3 is 2.96 bits per heavy atom. The minimum Gasteiger partial charge on any atom is -0.377 e. The molecule has 4 rings (SSSR count). The summed E-state index contributed by atoms with van der Waals surface area (Å²) in [4.78, 5) is 17.2. The van der Waals surface area contributed by atoms with Crippen molar-refractivity contribution in [1.29, 1.82) is 0 Å². The van der Waals surface area contributed by atoms with E-state index in [9.17, 15) is 4.79 Å². The molecule has 2 saturated heterocycles. The van der Waals surface area contributed by atoms with E-state index < -0.39 is 0 Å². The van der Waals surface area contributed by atoms with Crippen molar-refractivity contribution in [2.24, 2.45) is 0 Å². The average molecular weight is 314 g/mol. The number of nitrogens with one attached hydrogen (secondary N) is 1. The van der Waals surface area contributed by atoms with Crippen LogP contribution in [0.25, 0.3) is 10.9 Å². The van der Waals surface area contributed by atoms with Crippen LogP contribution >= 0.6 is 0 Å². The maximum absolute atomic E-state index is 12.8. The van der Waals surface area contributed by atoms with E-state index in [1.54, 1.807) is 6.20 Å². The molecule has 1 aromatic carbocycles. The van der Waals surface area contributed by atoms with E-state index in [1.807, 2.05) is 23.1 Å². The minimum atomic E-state index is 0.0941. The fourth-order valence-electron chi connectivity index (χ4n) is 3.53. The lowest BCUT2D eigenvalue weighted by atomic mass is 10.1. The molecule has 2 fully saturated rings. The lowest BCUT2D eigenvalue weighted by molar-refractivity contribution is 0.0433. The molecule has 1 N–H and O–H groups in total. The summed E-state index contributed by atoms with van der Waals surface area (Å²) < 4.78 is 5.71. The van der Waals surface area contributed by atoms with E-state index in [0.717, 1.165) is 50.2 Å². The maximum atomic E-state index is 12.8. The predicted molar refractivity (Wildman–Crippen MR) is 87.4 cm³/mol. The Morgan fingerprint density at radius 1 is 1.30 bits per heavy atom. The number of aromatic nitrogens is 2. The summed E-state index contributed by atoms with van der Waals surface area (Å²) in [5.74, 6) is 0.0941. The molecule has 0 spiro atoms. The van der Waals surface area contributed by atoms with Crippen molar-refractivity contribution in [2.45, 2.75) is 18.9 Å². The third kappa shape index (κ3) is 2.96. The van der Waals surface area contributed by atoms with Gasteiger partial charge in [0.2, 0.25) is 0 Å². The number of amides is 1. The second kappa shape index (κ2) is 6.29. The predicted octanol–water partition coefficient (Wildman–Crippen LogP) is 1.50. The van der Waals surface area contributed by atoms with E-state index in [0.29, 0.717) is 11.7 Å². The number of carbonyl (C=O) groups is 1. The molecule has 6 heteroatoms. The van der Waals surface area contributed by atoms with Gasteiger partial charge < -0.3 is 9.64 Å². The lowest BCUT2D eigenvalue weighted by Gasteiger charge is -2.35. The zero-order valence-corrected chi connectivity index (χ0v) is 13.2. The van der Waals surface area contributed by atoms with E-state index in [-0.39, 0.29) is 5.91 Å². The van der Waals surface area contributed by atoms with Crippen molar-refractivity contribution in [2.75, 3.05) is 39.3 Å². The molecule has 23 heavy (non-hydrogen) atoms. The van der Waals surface area contributed by atoms with Crippen molar-refractivity contribution < 1.29 is 9.53 Å². The Bertz CT molecular complexity index is 685. The zero-order chi connectivity index (χ0) is 15.6. The summed E-state index contributed by atoms with van der Waals surface area (Å²) in [5, 5.41) is 7.96. The molecule has 1 amide bonds. The third-order valence-corrected chi connectivity index (χ3v) is 4.85. The normalized spacial score (nSPS) is 22.8. The van der Waals surface area contributed by atoms with Crippen LogP contribution in [-0.4, -0.2) is 71.3 Å². The molecule has 2 aromatic rings. The number of fused-ring (bicyclic) bond motifs is 1. The molecule has 0 aliphatic carbocycles. The first-order chi connectivity index (χ1) is 11.3. The van der Waals surface area contributed by atoms with Gasteiger partial charge in [-0.15, -0.1) is 0 Å². The standard InChI is InChI=1S/C17H22N4O2/c22-17(15-5-1-3-13-11-18-19-16(13)15)21-8-6-20(7-9-21)12-14-4-2-10-23-14/h1,3,5,11,14H,2,4,6-10,12H2,(H,18,19). The molecule has 0 bridgehead atoms. The van der Waals surface area contributed by atoms with E-state index in [2.05, 4.69) is 15.1 Å². The zero-order valence-electron chi connectivity index (χ0n) is 13.2. The lowest BCUT2D eigenvalue weighted by Crippen LogP contribution is -2.50. The van der Waals surface area contributed by atoms with Crippen molar-refractivity contribution in [3.63, 3.8) is 0 Å². The molecule has 0 saturated carbocycles. The number of rotatable bonds is 3. The fraction of sp³-hybridized carbons (Fsp3) is 0.529. The Hall–Kier alpha value is -1.92. The summed E-state index contributed by atoms with van der Waals surface area (Å²) in [6.07, 6.45) is 4.49. The van der Waals surface area contributed by atoms with Crippen LogP contribution < -0.4 is 0 Å². The second-order valence-corrected chi connectivity index (χ2v) is 6.37. The first kappa shape index (κ1) is 14.7. The van der Waals surface area contributed by atoms with Crippen LogP contribution in [0.5, 0.6) is 0 Å². The van der Waals surface area contributed by atoms with Crippen LogP contribution in [0, 0.1) is 0 Å². The van der Waals surface area contributed by atoms with Gasteiger partial charge in [0.15, 0.2) is 0 Å². The molecule has 6 nitrogen and oxygen atoms in total. The van der Waals surface area contributed by atoms with E-state index >= 15 is 0 Å². The van der Waals surface area contributed by atoms with Crippen LogP contribution in [0.1, 0.15) is 23.2 Å². The second-order valence-electron chi connectivity index (χ2n) is 6.37. The van der Waals surface area contributed by atoms with Gasteiger partial charge in [0, 0.05) is 44.7 Å². The highest BCUT2D eigenvalue weighted by Gasteiger charge is 2.26. The van der Waals surface area contributed by atoms with Gasteiger partial charge in [0.25, 0.3) is 5.91 Å². The van der Waals surface area contributed by atoms with Gasteiger partial charge in [-0.2, -0.15) is 5.10 Å². The summed E-state index contributed by atoms with van der Waals surface area (Å²) in [6, 6.07) is 5.76. The maximum Gasteiger partial charge on any atom is 0.256 e. The highest BCUT2D eigenvalue weighted by Crippen LogP contribution is 2.19. The van der Waals surface area contributed by atoms with Gasteiger partial charge in [-0.05, 0) is 18.9 Å². The van der Waals surface area contributed by atoms with Gasteiger partial charge in [-0.1, -0.05) is 12.1 Å². The van der Waals surface area contributed by atoms with Gasteiger partial charge >= 0.3 is 0 Å². The van der Waals surface area contributed by atoms with E-state index in [1.165, 1.54) is 12.8 Å². The number of nitrogens with zero attached hydrogens (tertiary/aromatic N) is 3. The molecule has 1 aromatic heterocycles. The number of aromatic amines is 1. The molecule has 1 unspecified atom stereocenters. The number of ether oxygens (including phenoxy) is 1. The fourth-order valence-corrected chi connectivity index (χ4v) is 3.53. The molecule has 0 radical (unpaired) electrons. The molecule has 2 aliphatic rings. The summed E-state index contributed by atoms with van der Waals surface area (Å²) in [5.41, 5.74) is 1.55. The Balaban J connectivity index is 1.40. The Morgan fingerprint density at radius 2 is 2.17 bits per heavy atom. The van der Waals surface area contributed by atoms with Crippen LogP contribution in [0.3, 0.4) is 0 Å². The number of hydrogen-bond acceptors (Lipinski definition) is 4. The summed E-state index contributed by atoms with van der Waals surface area (Å²) in [7, 11) is 0. The molecular weight excluding hydrogens is 292 g/mol. The molecule has 1 atom stereocenters. The molecule has 3 heterocycles. The molecular formula is C17H22N4O2. The SMILES string of the molecule is O=C(c1cccc2cn[nH]c12)N1CCN(CC2CCCO2)CC1. The topological polar surface area (TPSA) is 61.5 Å². The van der Waals surface area contributed by atoms with Crippen molar-refractivity contribution in [1.82, 2.24) is 20.0 Å². The largest absolute Gasteiger partial charge is 0.377 e. The van der Waals surface area contributed by atoms with Crippen LogP contribution in [-0.2, 0) is 4.74 Å². The number of benzene rings is 1. The smallest absolute Gasteiger partial charge is 0.256 e. The Kier molecular flexibility index (Phi) is 4.01. The number of para-hydroxylation sites is 1.